The van der Waals surface area contributed by atoms with Crippen molar-refractivity contribution < 1.29 is 19.1 Å². The van der Waals surface area contributed by atoms with Gasteiger partial charge in [-0.25, -0.2) is 9.78 Å². The molecule has 0 amide bonds. The highest BCUT2D eigenvalue weighted by Gasteiger charge is 2.19. The summed E-state index contributed by atoms with van der Waals surface area (Å²) in [6, 6.07) is 7.11. The number of aromatic nitrogens is 1. The lowest BCUT2D eigenvalue weighted by Crippen LogP contribution is -2.22. The molecule has 0 unspecified atom stereocenters. The Hall–Kier alpha value is -2.30. The molecule has 106 valence electrons. The van der Waals surface area contributed by atoms with E-state index in [1.54, 1.807) is 31.2 Å². The van der Waals surface area contributed by atoms with Crippen LogP contribution in [0.3, 0.4) is 0 Å². The first kappa shape index (κ1) is 14.1. The zero-order chi connectivity index (χ0) is 14.9. The SMILES string of the molecule is Cc1nc(-c2ccc(OC(C)(C)C)cc2)c(C(=O)O)o1. The van der Waals surface area contributed by atoms with E-state index in [0.717, 1.165) is 5.75 Å². The van der Waals surface area contributed by atoms with Gasteiger partial charge in [0.15, 0.2) is 5.89 Å². The van der Waals surface area contributed by atoms with Crippen molar-refractivity contribution in [2.24, 2.45) is 0 Å². The Morgan fingerprint density at radius 1 is 1.25 bits per heavy atom. The van der Waals surface area contributed by atoms with E-state index in [2.05, 4.69) is 4.98 Å². The number of carboxylic acids is 1. The molecule has 1 heterocycles. The molecule has 0 atom stereocenters. The van der Waals surface area contributed by atoms with Crippen molar-refractivity contribution in [3.8, 4) is 17.0 Å². The van der Waals surface area contributed by atoms with Gasteiger partial charge in [-0.3, -0.25) is 0 Å². The van der Waals surface area contributed by atoms with Crippen LogP contribution in [0.15, 0.2) is 28.7 Å². The summed E-state index contributed by atoms with van der Waals surface area (Å²) in [5.41, 5.74) is 0.732. The van der Waals surface area contributed by atoms with Crippen LogP contribution in [0.25, 0.3) is 11.3 Å². The number of ether oxygens (including phenoxy) is 1. The van der Waals surface area contributed by atoms with Gasteiger partial charge in [0.2, 0.25) is 5.76 Å². The van der Waals surface area contributed by atoms with Gasteiger partial charge in [0.1, 0.15) is 17.0 Å². The average molecular weight is 275 g/mol. The van der Waals surface area contributed by atoms with Gasteiger partial charge in [0, 0.05) is 12.5 Å². The summed E-state index contributed by atoms with van der Waals surface area (Å²) in [7, 11) is 0. The molecular formula is C15H17NO4. The van der Waals surface area contributed by atoms with Crippen LogP contribution in [0.5, 0.6) is 5.75 Å². The van der Waals surface area contributed by atoms with E-state index in [4.69, 9.17) is 14.3 Å². The fourth-order valence-corrected chi connectivity index (χ4v) is 1.80. The van der Waals surface area contributed by atoms with Crippen molar-refractivity contribution in [2.45, 2.75) is 33.3 Å². The second kappa shape index (κ2) is 5.00. The zero-order valence-electron chi connectivity index (χ0n) is 11.9. The van der Waals surface area contributed by atoms with Crippen molar-refractivity contribution in [3.63, 3.8) is 0 Å². The second-order valence-electron chi connectivity index (χ2n) is 5.45. The third-order valence-corrected chi connectivity index (χ3v) is 2.48. The van der Waals surface area contributed by atoms with E-state index in [1.807, 2.05) is 20.8 Å². The Balaban J connectivity index is 2.33. The van der Waals surface area contributed by atoms with Crippen LogP contribution < -0.4 is 4.74 Å². The summed E-state index contributed by atoms with van der Waals surface area (Å²) in [5.74, 6) is -0.228. The van der Waals surface area contributed by atoms with Crippen molar-refractivity contribution >= 4 is 5.97 Å². The molecule has 1 aromatic heterocycles. The fraction of sp³-hybridized carbons (Fsp3) is 0.333. The third kappa shape index (κ3) is 3.17. The van der Waals surface area contributed by atoms with Gasteiger partial charge >= 0.3 is 5.97 Å². The third-order valence-electron chi connectivity index (χ3n) is 2.48. The van der Waals surface area contributed by atoms with Gasteiger partial charge in [-0.2, -0.15) is 0 Å². The Morgan fingerprint density at radius 3 is 2.35 bits per heavy atom. The summed E-state index contributed by atoms with van der Waals surface area (Å²) in [6.45, 7) is 7.51. The Kier molecular flexibility index (Phi) is 3.53. The van der Waals surface area contributed by atoms with Crippen LogP contribution in [0.4, 0.5) is 0 Å². The molecule has 0 radical (unpaired) electrons. The minimum Gasteiger partial charge on any atom is -0.488 e. The number of aryl methyl sites for hydroxylation is 1. The van der Waals surface area contributed by atoms with E-state index < -0.39 is 5.97 Å². The van der Waals surface area contributed by atoms with E-state index in [0.29, 0.717) is 17.1 Å². The monoisotopic (exact) mass is 275 g/mol. The first-order chi connectivity index (χ1) is 9.26. The zero-order valence-corrected chi connectivity index (χ0v) is 11.9. The number of nitrogens with zero attached hydrogens (tertiary/aromatic N) is 1. The Morgan fingerprint density at radius 2 is 1.85 bits per heavy atom. The second-order valence-corrected chi connectivity index (χ2v) is 5.45. The summed E-state index contributed by atoms with van der Waals surface area (Å²) in [6.07, 6.45) is 0. The highest BCUT2D eigenvalue weighted by atomic mass is 16.5. The molecule has 0 aliphatic carbocycles. The molecule has 0 spiro atoms. The van der Waals surface area contributed by atoms with Crippen LogP contribution in [0.1, 0.15) is 37.2 Å². The number of benzene rings is 1. The first-order valence-electron chi connectivity index (χ1n) is 6.26. The molecule has 0 aliphatic heterocycles. The number of hydrogen-bond acceptors (Lipinski definition) is 4. The van der Waals surface area contributed by atoms with Crippen LogP contribution >= 0.6 is 0 Å². The van der Waals surface area contributed by atoms with Gasteiger partial charge in [-0.1, -0.05) is 0 Å². The van der Waals surface area contributed by atoms with Crippen LogP contribution in [0.2, 0.25) is 0 Å². The molecule has 2 rings (SSSR count). The summed E-state index contributed by atoms with van der Waals surface area (Å²) < 4.78 is 10.8. The predicted molar refractivity (Wildman–Crippen MR) is 74.0 cm³/mol. The van der Waals surface area contributed by atoms with Crippen molar-refractivity contribution in [2.75, 3.05) is 0 Å². The minimum atomic E-state index is -1.13. The molecule has 1 aromatic carbocycles. The van der Waals surface area contributed by atoms with Gasteiger partial charge in [-0.05, 0) is 45.0 Å². The maximum atomic E-state index is 11.1. The number of rotatable bonds is 3. The van der Waals surface area contributed by atoms with Gasteiger partial charge in [0.05, 0.1) is 0 Å². The lowest BCUT2D eigenvalue weighted by atomic mass is 10.1. The van der Waals surface area contributed by atoms with Crippen LogP contribution in [0, 0.1) is 6.92 Å². The molecule has 0 saturated heterocycles. The largest absolute Gasteiger partial charge is 0.488 e. The number of hydrogen-bond donors (Lipinski definition) is 1. The van der Waals surface area contributed by atoms with E-state index in [1.165, 1.54) is 0 Å². The molecule has 5 nitrogen and oxygen atoms in total. The lowest BCUT2D eigenvalue weighted by Gasteiger charge is -2.21. The Bertz CT molecular complexity index is 620. The first-order valence-corrected chi connectivity index (χ1v) is 6.26. The summed E-state index contributed by atoms with van der Waals surface area (Å²) in [5, 5.41) is 9.09. The average Bonchev–Trinajstić information content (AvgIpc) is 2.70. The maximum absolute atomic E-state index is 11.1. The standard InChI is InChI=1S/C15H17NO4/c1-9-16-12(13(19-9)14(17)18)10-5-7-11(8-6-10)20-15(2,3)4/h5-8H,1-4H3,(H,17,18). The highest BCUT2D eigenvalue weighted by Crippen LogP contribution is 2.27. The topological polar surface area (TPSA) is 72.6 Å². The Labute approximate surface area is 117 Å². The molecule has 0 bridgehead atoms. The highest BCUT2D eigenvalue weighted by molar-refractivity contribution is 5.91. The quantitative estimate of drug-likeness (QED) is 0.927. The van der Waals surface area contributed by atoms with Gasteiger partial charge in [0.25, 0.3) is 0 Å². The number of oxazole rings is 1. The van der Waals surface area contributed by atoms with E-state index in [-0.39, 0.29) is 11.4 Å². The number of carboxylic acid groups (broad SMARTS) is 1. The summed E-state index contributed by atoms with van der Waals surface area (Å²) >= 11 is 0. The molecule has 1 N–H and O–H groups in total. The number of carbonyl (C=O) groups is 1. The minimum absolute atomic E-state index is 0.146. The predicted octanol–water partition coefficient (Wildman–Crippen LogP) is 3.53. The normalized spacial score (nSPS) is 11.4. The maximum Gasteiger partial charge on any atom is 0.374 e. The van der Waals surface area contributed by atoms with Crippen molar-refractivity contribution in [1.29, 1.82) is 0 Å². The van der Waals surface area contributed by atoms with Crippen LogP contribution in [-0.2, 0) is 0 Å². The molecule has 0 fully saturated rings. The fourth-order valence-electron chi connectivity index (χ4n) is 1.80. The molecule has 2 aromatic rings. The smallest absolute Gasteiger partial charge is 0.374 e. The van der Waals surface area contributed by atoms with Gasteiger partial charge < -0.3 is 14.3 Å². The van der Waals surface area contributed by atoms with E-state index >= 15 is 0 Å². The molecule has 0 aliphatic rings. The van der Waals surface area contributed by atoms with Gasteiger partial charge in [-0.15, -0.1) is 0 Å². The molecule has 0 saturated carbocycles. The van der Waals surface area contributed by atoms with Crippen molar-refractivity contribution in [1.82, 2.24) is 4.98 Å². The lowest BCUT2D eigenvalue weighted by molar-refractivity contribution is 0.0662. The molecule has 5 heteroatoms. The van der Waals surface area contributed by atoms with Crippen molar-refractivity contribution in [3.05, 3.63) is 35.9 Å². The van der Waals surface area contributed by atoms with E-state index in [9.17, 15) is 4.79 Å². The van der Waals surface area contributed by atoms with Crippen LogP contribution in [-0.4, -0.2) is 21.7 Å². The number of aromatic carboxylic acids is 1. The molecule has 20 heavy (non-hydrogen) atoms. The molecular weight excluding hydrogens is 258 g/mol. The summed E-state index contributed by atoms with van der Waals surface area (Å²) in [4.78, 5) is 15.2.